The summed E-state index contributed by atoms with van der Waals surface area (Å²) in [5, 5.41) is 0. The van der Waals surface area contributed by atoms with Crippen molar-refractivity contribution in [3.05, 3.63) is 17.2 Å². The first kappa shape index (κ1) is 30.8. The molecule has 0 aromatic heterocycles. The van der Waals surface area contributed by atoms with Crippen LogP contribution in [0.1, 0.15) is 75.1 Å². The quantitative estimate of drug-likeness (QED) is 0.172. The fraction of sp³-hybridized carbons (Fsp3) is 0.583. The molecule has 2 rings (SSSR count). The summed E-state index contributed by atoms with van der Waals surface area (Å²) in [6.07, 6.45) is 0.469. The zero-order valence-electron chi connectivity index (χ0n) is 22.8. The van der Waals surface area contributed by atoms with E-state index < -0.39 is 68.1 Å². The van der Waals surface area contributed by atoms with E-state index >= 15 is 0 Å². The van der Waals surface area contributed by atoms with Gasteiger partial charge >= 0.3 is 11.9 Å². The molecule has 0 aliphatic carbocycles. The number of sulfone groups is 1. The van der Waals surface area contributed by atoms with Gasteiger partial charge in [-0.2, -0.15) is 4.99 Å². The molecule has 1 aromatic rings. The molecule has 13 nitrogen and oxygen atoms in total. The first-order valence-electron chi connectivity index (χ1n) is 11.9. The Kier molecular flexibility index (Phi) is 8.74. The number of guanidine groups is 1. The van der Waals surface area contributed by atoms with E-state index in [1.54, 1.807) is 41.5 Å². The molecule has 1 fully saturated rings. The van der Waals surface area contributed by atoms with Crippen LogP contribution >= 0.6 is 0 Å². The van der Waals surface area contributed by atoms with Gasteiger partial charge in [0.25, 0.3) is 5.91 Å². The van der Waals surface area contributed by atoms with Crippen molar-refractivity contribution >= 4 is 45.0 Å². The summed E-state index contributed by atoms with van der Waals surface area (Å²) in [6.45, 7) is 10.2. The summed E-state index contributed by atoms with van der Waals surface area (Å²) in [5.41, 5.74) is 20.6. The van der Waals surface area contributed by atoms with E-state index in [-0.39, 0.29) is 35.7 Å². The van der Waals surface area contributed by atoms with Crippen molar-refractivity contribution in [2.24, 2.45) is 28.1 Å². The number of hydrogen-bond donors (Lipinski definition) is 4. The molecule has 1 aliphatic heterocycles. The van der Waals surface area contributed by atoms with Crippen LogP contribution in [0.25, 0.3) is 0 Å². The molecule has 2 unspecified atom stereocenters. The highest BCUT2D eigenvalue weighted by Crippen LogP contribution is 2.41. The summed E-state index contributed by atoms with van der Waals surface area (Å²) in [7, 11) is -4.03. The number of nitrogens with two attached hydrogens (primary N) is 4. The maximum atomic E-state index is 13.2. The van der Waals surface area contributed by atoms with Crippen LogP contribution in [-0.4, -0.2) is 62.4 Å². The van der Waals surface area contributed by atoms with Gasteiger partial charge in [0, 0.05) is 12.8 Å². The van der Waals surface area contributed by atoms with E-state index in [0.29, 0.717) is 0 Å². The Labute approximate surface area is 222 Å². The Balaban J connectivity index is 2.73. The highest BCUT2D eigenvalue weighted by molar-refractivity contribution is 7.90. The number of esters is 2. The van der Waals surface area contributed by atoms with E-state index in [4.69, 9.17) is 32.4 Å². The number of piperidine rings is 1. The second kappa shape index (κ2) is 10.8. The summed E-state index contributed by atoms with van der Waals surface area (Å²) in [5.74, 6) is -3.61. The van der Waals surface area contributed by atoms with Crippen LogP contribution in [-0.2, 0) is 24.1 Å². The third-order valence-electron chi connectivity index (χ3n) is 5.44. The Morgan fingerprint density at radius 2 is 1.61 bits per heavy atom. The van der Waals surface area contributed by atoms with Crippen molar-refractivity contribution in [2.75, 3.05) is 23.4 Å². The van der Waals surface area contributed by atoms with E-state index in [1.807, 2.05) is 0 Å². The molecule has 38 heavy (non-hydrogen) atoms. The van der Waals surface area contributed by atoms with E-state index in [1.165, 1.54) is 4.90 Å². The predicted molar refractivity (Wildman–Crippen MR) is 143 cm³/mol. The minimum atomic E-state index is -4.03. The average molecular weight is 555 g/mol. The number of carbonyl (C=O) groups excluding carboxylic acids is 3. The fourth-order valence-electron chi connectivity index (χ4n) is 4.02. The number of rotatable bonds is 5. The molecule has 1 heterocycles. The Morgan fingerprint density at radius 1 is 1.05 bits per heavy atom. The monoisotopic (exact) mass is 554 g/mol. The molecule has 1 saturated heterocycles. The molecular formula is C24H38N6O7S. The molecule has 1 aliphatic rings. The van der Waals surface area contributed by atoms with E-state index in [9.17, 15) is 22.8 Å². The fourth-order valence-corrected chi connectivity index (χ4v) is 4.93. The molecule has 14 heteroatoms. The SMILES string of the molecule is CC(C)(C)OC(=O)c1c(C(=O)N=C(N)N)cc(S(C)(=O)=O)c(N2CCC(C(=O)OC(C)(C)C)CC2N)c1N. The number of carbonyl (C=O) groups is 3. The first-order chi connectivity index (χ1) is 17.1. The number of nitrogens with zero attached hydrogens (tertiary/aromatic N) is 2. The lowest BCUT2D eigenvalue weighted by Crippen LogP contribution is -2.51. The predicted octanol–water partition coefficient (Wildman–Crippen LogP) is 0.884. The third-order valence-corrected chi connectivity index (χ3v) is 6.55. The van der Waals surface area contributed by atoms with E-state index in [0.717, 1.165) is 12.3 Å². The highest BCUT2D eigenvalue weighted by Gasteiger charge is 2.38. The van der Waals surface area contributed by atoms with Crippen molar-refractivity contribution in [2.45, 2.75) is 76.6 Å². The van der Waals surface area contributed by atoms with Crippen molar-refractivity contribution in [3.63, 3.8) is 0 Å². The smallest absolute Gasteiger partial charge is 0.341 e. The van der Waals surface area contributed by atoms with Gasteiger partial charge < -0.3 is 37.3 Å². The molecular weight excluding hydrogens is 516 g/mol. The summed E-state index contributed by atoms with van der Waals surface area (Å²) < 4.78 is 36.7. The minimum absolute atomic E-state index is 0.0789. The van der Waals surface area contributed by atoms with Gasteiger partial charge in [-0.25, -0.2) is 13.2 Å². The van der Waals surface area contributed by atoms with Gasteiger partial charge in [-0.15, -0.1) is 0 Å². The largest absolute Gasteiger partial charge is 0.460 e. The van der Waals surface area contributed by atoms with Crippen molar-refractivity contribution in [1.82, 2.24) is 0 Å². The Bertz CT molecular complexity index is 1260. The maximum absolute atomic E-state index is 13.2. The number of benzene rings is 1. The minimum Gasteiger partial charge on any atom is -0.460 e. The Morgan fingerprint density at radius 3 is 2.05 bits per heavy atom. The van der Waals surface area contributed by atoms with Gasteiger partial charge in [-0.1, -0.05) is 0 Å². The zero-order chi connectivity index (χ0) is 29.4. The van der Waals surface area contributed by atoms with Crippen LogP contribution < -0.4 is 27.8 Å². The molecule has 0 radical (unpaired) electrons. The zero-order valence-corrected chi connectivity index (χ0v) is 23.6. The van der Waals surface area contributed by atoms with Crippen molar-refractivity contribution in [1.29, 1.82) is 0 Å². The lowest BCUT2D eigenvalue weighted by Gasteiger charge is -2.40. The second-order valence-corrected chi connectivity index (χ2v) is 13.2. The maximum Gasteiger partial charge on any atom is 0.341 e. The molecule has 1 aromatic carbocycles. The topological polar surface area (TPSA) is 223 Å². The first-order valence-corrected chi connectivity index (χ1v) is 13.8. The summed E-state index contributed by atoms with van der Waals surface area (Å²) in [6, 6.07) is 0.988. The van der Waals surface area contributed by atoms with Crippen LogP contribution in [0.5, 0.6) is 0 Å². The molecule has 212 valence electrons. The van der Waals surface area contributed by atoms with Gasteiger partial charge in [0.2, 0.25) is 0 Å². The van der Waals surface area contributed by atoms with Gasteiger partial charge in [-0.05, 0) is 60.5 Å². The van der Waals surface area contributed by atoms with E-state index in [2.05, 4.69) is 4.99 Å². The normalized spacial score (nSPS) is 18.5. The number of hydrogen-bond acceptors (Lipinski definition) is 10. The number of ether oxygens (including phenoxy) is 2. The summed E-state index contributed by atoms with van der Waals surface area (Å²) in [4.78, 5) is 43.3. The number of aliphatic imine (C=N–C) groups is 1. The molecule has 0 bridgehead atoms. The standard InChI is InChI=1S/C24H38N6O7S/c1-23(2,3)36-20(32)12-8-9-30(15(25)10-12)18-14(38(7,34)35)11-13(19(31)29-22(27)28)16(17(18)26)21(33)37-24(4,5)6/h11-12,15H,8-10,25-26H2,1-7H3,(H4,27,28,29,31). The van der Waals surface area contributed by atoms with Crippen LogP contribution in [0, 0.1) is 5.92 Å². The van der Waals surface area contributed by atoms with Gasteiger partial charge in [0.05, 0.1) is 39.5 Å². The number of amides is 1. The molecule has 2 atom stereocenters. The lowest BCUT2D eigenvalue weighted by molar-refractivity contribution is -0.161. The van der Waals surface area contributed by atoms with Gasteiger partial charge in [-0.3, -0.25) is 9.59 Å². The molecule has 0 saturated carbocycles. The highest BCUT2D eigenvalue weighted by atomic mass is 32.2. The van der Waals surface area contributed by atoms with Crippen molar-refractivity contribution in [3.8, 4) is 0 Å². The van der Waals surface area contributed by atoms with Crippen molar-refractivity contribution < 1.29 is 32.3 Å². The summed E-state index contributed by atoms with van der Waals surface area (Å²) >= 11 is 0. The third kappa shape index (κ3) is 7.57. The molecule has 8 N–H and O–H groups in total. The van der Waals surface area contributed by atoms with Crippen LogP contribution in [0.3, 0.4) is 0 Å². The number of nitrogen functional groups attached to an aromatic ring is 1. The molecule has 1 amide bonds. The van der Waals surface area contributed by atoms with Crippen LogP contribution in [0.15, 0.2) is 16.0 Å². The molecule has 0 spiro atoms. The Hall–Kier alpha value is -3.39. The second-order valence-electron chi connectivity index (χ2n) is 11.2. The van der Waals surface area contributed by atoms with Gasteiger partial charge in [0.15, 0.2) is 15.8 Å². The van der Waals surface area contributed by atoms with Crippen LogP contribution in [0.2, 0.25) is 0 Å². The average Bonchev–Trinajstić information content (AvgIpc) is 2.69. The van der Waals surface area contributed by atoms with Gasteiger partial charge in [0.1, 0.15) is 11.2 Å². The van der Waals surface area contributed by atoms with Crippen LogP contribution in [0.4, 0.5) is 11.4 Å². The lowest BCUT2D eigenvalue weighted by atomic mass is 9.93. The number of anilines is 2.